The zero-order chi connectivity index (χ0) is 36.2. The second kappa shape index (κ2) is 12.5. The first-order valence-corrected chi connectivity index (χ1v) is 17.8. The molecule has 10 rings (SSSR count). The van der Waals surface area contributed by atoms with Crippen LogP contribution in [0.4, 0.5) is 0 Å². The highest BCUT2D eigenvalue weighted by Gasteiger charge is 2.20. The topological polar surface area (TPSA) is 73.9 Å². The van der Waals surface area contributed by atoms with Gasteiger partial charge >= 0.3 is 0 Å². The molecule has 0 radical (unpaired) electrons. The van der Waals surface area contributed by atoms with Gasteiger partial charge in [0.25, 0.3) is 0 Å². The number of fused-ring (bicyclic) bond motifs is 6. The van der Waals surface area contributed by atoms with E-state index in [1.807, 2.05) is 97.1 Å². The molecular weight excluding hydrogens is 661 g/mol. The molecule has 0 bridgehead atoms. The number of para-hydroxylation sites is 2. The first-order chi connectivity index (χ1) is 26.7. The van der Waals surface area contributed by atoms with Crippen LogP contribution in [0.25, 0.3) is 99.5 Å². The summed E-state index contributed by atoms with van der Waals surface area (Å²) in [7, 11) is 0. The number of rotatable bonds is 5. The molecule has 0 saturated carbocycles. The second-order valence-electron chi connectivity index (χ2n) is 13.5. The van der Waals surface area contributed by atoms with Crippen LogP contribution in [0, 0.1) is 22.7 Å². The molecule has 0 aliphatic heterocycles. The smallest absolute Gasteiger partial charge is 0.135 e. The van der Waals surface area contributed by atoms with Crippen molar-refractivity contribution < 1.29 is 8.83 Å². The fraction of sp³-hybridized carbons (Fsp3) is 0. The molecule has 0 aliphatic carbocycles. The van der Waals surface area contributed by atoms with Gasteiger partial charge in [0.15, 0.2) is 0 Å². The van der Waals surface area contributed by atoms with E-state index in [2.05, 4.69) is 84.9 Å². The maximum Gasteiger partial charge on any atom is 0.135 e. The van der Waals surface area contributed by atoms with Gasteiger partial charge in [-0.05, 0) is 99.6 Å². The number of hydrogen-bond acceptors (Lipinski definition) is 4. The molecule has 54 heavy (non-hydrogen) atoms. The van der Waals surface area contributed by atoms with Crippen LogP contribution < -0.4 is 0 Å². The van der Waals surface area contributed by atoms with E-state index in [4.69, 9.17) is 8.83 Å². The average Bonchev–Trinajstić information content (AvgIpc) is 3.81. The molecule has 2 aromatic heterocycles. The van der Waals surface area contributed by atoms with E-state index in [0.717, 1.165) is 99.5 Å². The molecule has 8 aromatic carbocycles. The minimum atomic E-state index is 0.563. The molecule has 250 valence electrons. The number of hydrogen-bond donors (Lipinski definition) is 0. The summed E-state index contributed by atoms with van der Waals surface area (Å²) in [5.41, 5.74) is 13.6. The molecule has 2 heterocycles. The molecule has 0 fully saturated rings. The van der Waals surface area contributed by atoms with Crippen molar-refractivity contribution in [2.75, 3.05) is 0 Å². The Morgan fingerprint density at radius 1 is 0.315 bits per heavy atom. The molecule has 0 unspecified atom stereocenters. The van der Waals surface area contributed by atoms with Gasteiger partial charge in [0.2, 0.25) is 0 Å². The van der Waals surface area contributed by atoms with Gasteiger partial charge < -0.3 is 8.83 Å². The van der Waals surface area contributed by atoms with Crippen LogP contribution in [0.1, 0.15) is 11.1 Å². The van der Waals surface area contributed by atoms with Gasteiger partial charge in [-0.15, -0.1) is 0 Å². The second-order valence-corrected chi connectivity index (χ2v) is 13.5. The lowest BCUT2D eigenvalue weighted by molar-refractivity contribution is 0.668. The minimum Gasteiger partial charge on any atom is -0.456 e. The lowest BCUT2D eigenvalue weighted by atomic mass is 9.85. The summed E-state index contributed by atoms with van der Waals surface area (Å²) in [6, 6.07) is 62.0. The largest absolute Gasteiger partial charge is 0.456 e. The molecule has 0 aliphatic rings. The zero-order valence-electron chi connectivity index (χ0n) is 28.9. The summed E-state index contributed by atoms with van der Waals surface area (Å²) >= 11 is 0. The third kappa shape index (κ3) is 5.06. The Morgan fingerprint density at radius 3 is 1.50 bits per heavy atom. The van der Waals surface area contributed by atoms with Crippen LogP contribution >= 0.6 is 0 Å². The first-order valence-electron chi connectivity index (χ1n) is 17.8. The highest BCUT2D eigenvalue weighted by atomic mass is 16.3. The molecule has 4 nitrogen and oxygen atoms in total. The third-order valence-electron chi connectivity index (χ3n) is 10.4. The van der Waals surface area contributed by atoms with Crippen molar-refractivity contribution in [3.8, 4) is 67.8 Å². The molecule has 4 heteroatoms. The predicted molar refractivity (Wildman–Crippen MR) is 218 cm³/mol. The van der Waals surface area contributed by atoms with Gasteiger partial charge in [-0.3, -0.25) is 0 Å². The van der Waals surface area contributed by atoms with Crippen LogP contribution in [0.15, 0.2) is 179 Å². The summed E-state index contributed by atoms with van der Waals surface area (Å²) in [6.07, 6.45) is 0. The standard InChI is InChI=1S/C50H28N2O2/c51-29-35-12-4-5-13-37(35)43-25-33(18-21-38(43)31-10-2-1-3-11-31)41-27-36(32-19-22-49-44(24-32)39-14-6-8-16-47(39)53-49)28-42(46(41)30-52)34-20-23-50-45(26-34)40-15-7-9-17-48(40)54-50/h1-28H. The van der Waals surface area contributed by atoms with Crippen molar-refractivity contribution in [1.29, 1.82) is 10.5 Å². The zero-order valence-corrected chi connectivity index (χ0v) is 28.9. The van der Waals surface area contributed by atoms with Crippen molar-refractivity contribution in [2.24, 2.45) is 0 Å². The summed E-state index contributed by atoms with van der Waals surface area (Å²) in [5.74, 6) is 0. The van der Waals surface area contributed by atoms with Crippen LogP contribution in [-0.4, -0.2) is 0 Å². The van der Waals surface area contributed by atoms with Gasteiger partial charge in [-0.2, -0.15) is 10.5 Å². The predicted octanol–water partition coefficient (Wildman–Crippen LogP) is 13.6. The van der Waals surface area contributed by atoms with Gasteiger partial charge in [-0.25, -0.2) is 0 Å². The van der Waals surface area contributed by atoms with E-state index in [-0.39, 0.29) is 0 Å². The quantitative estimate of drug-likeness (QED) is 0.180. The van der Waals surface area contributed by atoms with Crippen LogP contribution in [-0.2, 0) is 0 Å². The third-order valence-corrected chi connectivity index (χ3v) is 10.4. The Labute approximate surface area is 311 Å². The lowest BCUT2D eigenvalue weighted by Crippen LogP contribution is -1.95. The maximum absolute atomic E-state index is 11.0. The molecule has 0 spiro atoms. The summed E-state index contributed by atoms with van der Waals surface area (Å²) in [5, 5.41) is 25.3. The number of nitrogens with zero attached hydrogens (tertiary/aromatic N) is 2. The van der Waals surface area contributed by atoms with Crippen molar-refractivity contribution in [3.63, 3.8) is 0 Å². The number of furan rings is 2. The maximum atomic E-state index is 11.0. The average molecular weight is 689 g/mol. The van der Waals surface area contributed by atoms with E-state index in [1.165, 1.54) is 0 Å². The molecule has 0 atom stereocenters. The summed E-state index contributed by atoms with van der Waals surface area (Å²) < 4.78 is 12.4. The van der Waals surface area contributed by atoms with Crippen LogP contribution in [0.2, 0.25) is 0 Å². The molecular formula is C50H28N2O2. The van der Waals surface area contributed by atoms with E-state index >= 15 is 0 Å². The van der Waals surface area contributed by atoms with Crippen molar-refractivity contribution in [2.45, 2.75) is 0 Å². The van der Waals surface area contributed by atoms with Crippen LogP contribution in [0.3, 0.4) is 0 Å². The van der Waals surface area contributed by atoms with Gasteiger partial charge in [0.1, 0.15) is 28.4 Å². The van der Waals surface area contributed by atoms with Gasteiger partial charge in [0, 0.05) is 38.2 Å². The Kier molecular flexibility index (Phi) is 7.22. The highest BCUT2D eigenvalue weighted by Crippen LogP contribution is 2.43. The van der Waals surface area contributed by atoms with Crippen molar-refractivity contribution in [1.82, 2.24) is 0 Å². The number of benzene rings is 8. The minimum absolute atomic E-state index is 0.563. The molecule has 0 amide bonds. The summed E-state index contributed by atoms with van der Waals surface area (Å²) in [6.45, 7) is 0. The highest BCUT2D eigenvalue weighted by molar-refractivity contribution is 6.08. The van der Waals surface area contributed by atoms with E-state index in [9.17, 15) is 10.5 Å². The molecule has 0 N–H and O–H groups in total. The molecule has 0 saturated heterocycles. The Bertz CT molecular complexity index is 3190. The van der Waals surface area contributed by atoms with Crippen molar-refractivity contribution in [3.05, 3.63) is 181 Å². The normalized spacial score (nSPS) is 11.3. The fourth-order valence-corrected chi connectivity index (χ4v) is 7.80. The van der Waals surface area contributed by atoms with E-state index < -0.39 is 0 Å². The SMILES string of the molecule is N#Cc1ccccc1-c1cc(-c2cc(-c3ccc4oc5ccccc5c4c3)cc(-c3ccc4oc5ccccc5c4c3)c2C#N)ccc1-c1ccccc1. The monoisotopic (exact) mass is 688 g/mol. The first kappa shape index (κ1) is 31.1. The van der Waals surface area contributed by atoms with Gasteiger partial charge in [-0.1, -0.05) is 109 Å². The van der Waals surface area contributed by atoms with Gasteiger partial charge in [0.05, 0.1) is 17.2 Å². The summed E-state index contributed by atoms with van der Waals surface area (Å²) in [4.78, 5) is 0. The Balaban J connectivity index is 1.25. The van der Waals surface area contributed by atoms with Crippen LogP contribution in [0.5, 0.6) is 0 Å². The Morgan fingerprint density at radius 2 is 0.833 bits per heavy atom. The fourth-order valence-electron chi connectivity index (χ4n) is 7.80. The lowest BCUT2D eigenvalue weighted by Gasteiger charge is -2.17. The van der Waals surface area contributed by atoms with E-state index in [1.54, 1.807) is 0 Å². The Hall–Kier alpha value is -7.66. The molecule has 10 aromatic rings. The van der Waals surface area contributed by atoms with E-state index in [0.29, 0.717) is 11.1 Å². The van der Waals surface area contributed by atoms with Crippen molar-refractivity contribution >= 4 is 43.9 Å². The number of nitriles is 2.